The summed E-state index contributed by atoms with van der Waals surface area (Å²) in [5.41, 5.74) is 0.880. The summed E-state index contributed by atoms with van der Waals surface area (Å²) in [6.07, 6.45) is 0. The number of ether oxygens (including phenoxy) is 1. The molecule has 0 unspecified atom stereocenters. The molecule has 0 saturated carbocycles. The molecule has 0 aliphatic carbocycles. The Kier molecular flexibility index (Phi) is 4.60. The van der Waals surface area contributed by atoms with Gasteiger partial charge in [0.1, 0.15) is 5.00 Å². The van der Waals surface area contributed by atoms with Gasteiger partial charge in [-0.05, 0) is 29.6 Å². The molecule has 0 aliphatic rings. The summed E-state index contributed by atoms with van der Waals surface area (Å²) in [6, 6.07) is 7.89. The van der Waals surface area contributed by atoms with E-state index in [0.717, 1.165) is 0 Å². The van der Waals surface area contributed by atoms with Gasteiger partial charge in [0.2, 0.25) is 0 Å². The van der Waals surface area contributed by atoms with Crippen molar-refractivity contribution in [2.24, 2.45) is 0 Å². The van der Waals surface area contributed by atoms with E-state index in [1.54, 1.807) is 35.7 Å². The molecule has 0 bridgehead atoms. The van der Waals surface area contributed by atoms with E-state index < -0.39 is 12.0 Å². The first kappa shape index (κ1) is 14.4. The van der Waals surface area contributed by atoms with Gasteiger partial charge in [0, 0.05) is 10.7 Å². The molecule has 0 atom stereocenters. The highest BCUT2D eigenvalue weighted by Gasteiger charge is 2.15. The Balaban J connectivity index is 2.05. The number of carbonyl (C=O) groups excluding carboxylic acids is 2. The van der Waals surface area contributed by atoms with Gasteiger partial charge in [-0.25, -0.2) is 9.59 Å². The highest BCUT2D eigenvalue weighted by atomic mass is 35.5. The molecule has 104 valence electrons. The number of halogens is 1. The van der Waals surface area contributed by atoms with Crippen LogP contribution in [-0.4, -0.2) is 19.1 Å². The average molecular weight is 311 g/mol. The normalized spacial score (nSPS) is 9.90. The summed E-state index contributed by atoms with van der Waals surface area (Å²) < 4.78 is 4.63. The first-order valence-electron chi connectivity index (χ1n) is 5.59. The van der Waals surface area contributed by atoms with Gasteiger partial charge in [-0.2, -0.15) is 0 Å². The maximum Gasteiger partial charge on any atom is 0.340 e. The number of hydrogen-bond acceptors (Lipinski definition) is 4. The van der Waals surface area contributed by atoms with Crippen LogP contribution in [0.4, 0.5) is 15.5 Å². The van der Waals surface area contributed by atoms with Crippen LogP contribution in [0.25, 0.3) is 0 Å². The van der Waals surface area contributed by atoms with Crippen LogP contribution in [0.3, 0.4) is 0 Å². The van der Waals surface area contributed by atoms with Gasteiger partial charge in [0.15, 0.2) is 0 Å². The Morgan fingerprint density at radius 3 is 2.75 bits per heavy atom. The van der Waals surface area contributed by atoms with E-state index in [4.69, 9.17) is 11.6 Å². The second kappa shape index (κ2) is 6.40. The number of thiophene rings is 1. The van der Waals surface area contributed by atoms with E-state index in [0.29, 0.717) is 21.3 Å². The molecule has 2 rings (SSSR count). The zero-order chi connectivity index (χ0) is 14.5. The maximum absolute atomic E-state index is 11.8. The first-order chi connectivity index (χ1) is 9.60. The SMILES string of the molecule is COC(=O)c1ccsc1NC(=O)Nc1cccc(Cl)c1. The van der Waals surface area contributed by atoms with E-state index in [-0.39, 0.29) is 0 Å². The molecule has 1 aromatic carbocycles. The molecule has 7 heteroatoms. The Hall–Kier alpha value is -2.05. The molecule has 0 spiro atoms. The number of carbonyl (C=O) groups is 2. The third-order valence-corrected chi connectivity index (χ3v) is 3.45. The number of esters is 1. The molecule has 1 aromatic heterocycles. The minimum atomic E-state index is -0.496. The van der Waals surface area contributed by atoms with Crippen molar-refractivity contribution in [1.29, 1.82) is 0 Å². The van der Waals surface area contributed by atoms with Crippen molar-refractivity contribution in [2.45, 2.75) is 0 Å². The van der Waals surface area contributed by atoms with E-state index in [1.807, 2.05) is 0 Å². The molecule has 2 aromatic rings. The lowest BCUT2D eigenvalue weighted by Crippen LogP contribution is -2.20. The standard InChI is InChI=1S/C13H11ClN2O3S/c1-19-12(17)10-5-6-20-11(10)16-13(18)15-9-4-2-3-8(14)7-9/h2-7H,1H3,(H2,15,16,18). The fourth-order valence-corrected chi connectivity index (χ4v) is 2.47. The van der Waals surface area contributed by atoms with Crippen LogP contribution < -0.4 is 10.6 Å². The summed E-state index contributed by atoms with van der Waals surface area (Å²) >= 11 is 7.06. The van der Waals surface area contributed by atoms with Crippen LogP contribution in [0.15, 0.2) is 35.7 Å². The fourth-order valence-electron chi connectivity index (χ4n) is 1.51. The number of hydrogen-bond donors (Lipinski definition) is 2. The van der Waals surface area contributed by atoms with Crippen LogP contribution in [0.1, 0.15) is 10.4 Å². The largest absolute Gasteiger partial charge is 0.465 e. The predicted octanol–water partition coefficient (Wildman–Crippen LogP) is 3.83. The van der Waals surface area contributed by atoms with Crippen LogP contribution in [0.5, 0.6) is 0 Å². The molecular formula is C13H11ClN2O3S. The van der Waals surface area contributed by atoms with Crippen molar-refractivity contribution in [3.8, 4) is 0 Å². The predicted molar refractivity (Wildman–Crippen MR) is 79.8 cm³/mol. The Morgan fingerprint density at radius 2 is 2.05 bits per heavy atom. The zero-order valence-corrected chi connectivity index (χ0v) is 12.0. The number of amides is 2. The highest BCUT2D eigenvalue weighted by Crippen LogP contribution is 2.24. The molecular weight excluding hydrogens is 300 g/mol. The van der Waals surface area contributed by atoms with Crippen LogP contribution >= 0.6 is 22.9 Å². The molecule has 0 aliphatic heterocycles. The topological polar surface area (TPSA) is 67.4 Å². The van der Waals surface area contributed by atoms with Crippen LogP contribution in [-0.2, 0) is 4.74 Å². The lowest BCUT2D eigenvalue weighted by Gasteiger charge is -2.07. The summed E-state index contributed by atoms with van der Waals surface area (Å²) in [6.45, 7) is 0. The maximum atomic E-state index is 11.8. The molecule has 2 amide bonds. The highest BCUT2D eigenvalue weighted by molar-refractivity contribution is 7.14. The number of methoxy groups -OCH3 is 1. The zero-order valence-electron chi connectivity index (χ0n) is 10.5. The van der Waals surface area contributed by atoms with Crippen LogP contribution in [0.2, 0.25) is 5.02 Å². The first-order valence-corrected chi connectivity index (χ1v) is 6.85. The van der Waals surface area contributed by atoms with Crippen LogP contribution in [0, 0.1) is 0 Å². The Bertz CT molecular complexity index is 642. The molecule has 1 heterocycles. The number of anilines is 2. The van der Waals surface area contributed by atoms with Gasteiger partial charge >= 0.3 is 12.0 Å². The molecule has 0 fully saturated rings. The lowest BCUT2D eigenvalue weighted by atomic mass is 10.3. The Morgan fingerprint density at radius 1 is 1.25 bits per heavy atom. The minimum absolute atomic E-state index is 0.318. The molecule has 0 saturated heterocycles. The molecule has 5 nitrogen and oxygen atoms in total. The fraction of sp³-hybridized carbons (Fsp3) is 0.0769. The van der Waals surface area contributed by atoms with Crippen molar-refractivity contribution in [3.63, 3.8) is 0 Å². The van der Waals surface area contributed by atoms with Crippen molar-refractivity contribution in [2.75, 3.05) is 17.7 Å². The minimum Gasteiger partial charge on any atom is -0.465 e. The molecule has 2 N–H and O–H groups in total. The van der Waals surface area contributed by atoms with Crippen molar-refractivity contribution in [1.82, 2.24) is 0 Å². The van der Waals surface area contributed by atoms with Crippen molar-refractivity contribution >= 4 is 45.6 Å². The van der Waals surface area contributed by atoms with Gasteiger partial charge in [-0.1, -0.05) is 17.7 Å². The quantitative estimate of drug-likeness (QED) is 0.847. The van der Waals surface area contributed by atoms with Gasteiger partial charge in [-0.15, -0.1) is 11.3 Å². The summed E-state index contributed by atoms with van der Waals surface area (Å²) in [7, 11) is 1.29. The van der Waals surface area contributed by atoms with Crippen molar-refractivity contribution in [3.05, 3.63) is 46.3 Å². The van der Waals surface area contributed by atoms with E-state index >= 15 is 0 Å². The van der Waals surface area contributed by atoms with E-state index in [2.05, 4.69) is 15.4 Å². The lowest BCUT2D eigenvalue weighted by molar-refractivity contribution is 0.0602. The second-order valence-corrected chi connectivity index (χ2v) is 5.10. The third kappa shape index (κ3) is 3.49. The smallest absolute Gasteiger partial charge is 0.340 e. The summed E-state index contributed by atoms with van der Waals surface area (Å²) in [5.74, 6) is -0.496. The summed E-state index contributed by atoms with van der Waals surface area (Å²) in [4.78, 5) is 23.3. The van der Waals surface area contributed by atoms with Crippen molar-refractivity contribution < 1.29 is 14.3 Å². The molecule has 20 heavy (non-hydrogen) atoms. The second-order valence-electron chi connectivity index (χ2n) is 3.74. The van der Waals surface area contributed by atoms with Gasteiger partial charge in [-0.3, -0.25) is 5.32 Å². The van der Waals surface area contributed by atoms with E-state index in [1.165, 1.54) is 18.4 Å². The van der Waals surface area contributed by atoms with Gasteiger partial charge < -0.3 is 10.1 Å². The third-order valence-electron chi connectivity index (χ3n) is 2.38. The monoisotopic (exact) mass is 310 g/mol. The number of urea groups is 1. The number of nitrogens with one attached hydrogen (secondary N) is 2. The summed E-state index contributed by atoms with van der Waals surface area (Å²) in [5, 5.41) is 7.87. The Labute approximate surface area is 124 Å². The molecule has 0 radical (unpaired) electrons. The average Bonchev–Trinajstić information content (AvgIpc) is 2.85. The number of benzene rings is 1. The van der Waals surface area contributed by atoms with Gasteiger partial charge in [0.05, 0.1) is 12.7 Å². The number of rotatable bonds is 3. The van der Waals surface area contributed by atoms with Gasteiger partial charge in [0.25, 0.3) is 0 Å². The van der Waals surface area contributed by atoms with E-state index in [9.17, 15) is 9.59 Å².